The molecule has 3 aliphatic heterocycles. The number of carbonyl (C=O) groups is 2. The third kappa shape index (κ3) is 4.20. The third-order valence-electron chi connectivity index (χ3n) is 5.45. The lowest BCUT2D eigenvalue weighted by molar-refractivity contribution is -0.131. The lowest BCUT2D eigenvalue weighted by Crippen LogP contribution is -2.51. The van der Waals surface area contributed by atoms with Crippen LogP contribution in [0.1, 0.15) is 19.8 Å². The Bertz CT molecular complexity index is 988. The Morgan fingerprint density at radius 1 is 1.29 bits per heavy atom. The van der Waals surface area contributed by atoms with E-state index in [1.807, 2.05) is 0 Å². The highest BCUT2D eigenvalue weighted by molar-refractivity contribution is 6.02. The van der Waals surface area contributed by atoms with Crippen molar-refractivity contribution in [3.05, 3.63) is 41.7 Å². The second-order valence-corrected chi connectivity index (χ2v) is 7.55. The summed E-state index contributed by atoms with van der Waals surface area (Å²) in [6.45, 7) is 2.57. The summed E-state index contributed by atoms with van der Waals surface area (Å²) < 4.78 is 37.9. The van der Waals surface area contributed by atoms with Crippen molar-refractivity contribution in [2.75, 3.05) is 20.3 Å². The zero-order chi connectivity index (χ0) is 22.1. The van der Waals surface area contributed by atoms with Crippen LogP contribution in [0.15, 0.2) is 40.0 Å². The van der Waals surface area contributed by atoms with Crippen molar-refractivity contribution < 1.29 is 27.8 Å². The van der Waals surface area contributed by atoms with Gasteiger partial charge in [-0.25, -0.2) is 18.8 Å². The van der Waals surface area contributed by atoms with Crippen molar-refractivity contribution in [2.45, 2.75) is 32.0 Å². The van der Waals surface area contributed by atoms with Crippen molar-refractivity contribution >= 4 is 24.0 Å². The average Bonchev–Trinajstić information content (AvgIpc) is 2.74. The molecule has 1 aromatic rings. The molecule has 31 heavy (non-hydrogen) atoms. The molecule has 3 aliphatic rings. The first-order chi connectivity index (χ1) is 14.8. The molecule has 0 saturated carbocycles. The number of fused-ring (bicyclic) bond motifs is 1. The van der Waals surface area contributed by atoms with Crippen LogP contribution in [0.25, 0.3) is 0 Å². The van der Waals surface area contributed by atoms with Gasteiger partial charge in [0.15, 0.2) is 17.3 Å². The van der Waals surface area contributed by atoms with Crippen molar-refractivity contribution in [3.63, 3.8) is 0 Å². The number of guanidine groups is 1. The normalized spacial score (nSPS) is 23.7. The molecule has 0 N–H and O–H groups in total. The van der Waals surface area contributed by atoms with Crippen molar-refractivity contribution in [2.24, 2.45) is 15.9 Å². The molecule has 0 aromatic heterocycles. The van der Waals surface area contributed by atoms with Crippen LogP contribution >= 0.6 is 0 Å². The van der Waals surface area contributed by atoms with Gasteiger partial charge in [0.1, 0.15) is 12.0 Å². The van der Waals surface area contributed by atoms with E-state index in [-0.39, 0.29) is 29.4 Å². The van der Waals surface area contributed by atoms with E-state index < -0.39 is 29.6 Å². The van der Waals surface area contributed by atoms with Crippen LogP contribution < -0.4 is 4.74 Å². The SMILES string of the molecule is CC(=O)N(C1=NC2C(C=N1)C=C(Oc1ccc(F)cc1F)C(=O)N2C)C1CCOCC1. The summed E-state index contributed by atoms with van der Waals surface area (Å²) in [6, 6.07) is 2.78. The van der Waals surface area contributed by atoms with Crippen LogP contribution in [-0.2, 0) is 14.3 Å². The van der Waals surface area contributed by atoms with Gasteiger partial charge in [-0.15, -0.1) is 0 Å². The number of rotatable bonds is 3. The number of aliphatic imine (C=N–C) groups is 2. The van der Waals surface area contributed by atoms with E-state index in [4.69, 9.17) is 9.47 Å². The Balaban J connectivity index is 1.58. The third-order valence-corrected chi connectivity index (χ3v) is 5.45. The second-order valence-electron chi connectivity index (χ2n) is 7.55. The van der Waals surface area contributed by atoms with E-state index in [0.29, 0.717) is 32.1 Å². The number of carbonyl (C=O) groups excluding carboxylic acids is 2. The van der Waals surface area contributed by atoms with Crippen LogP contribution in [0.4, 0.5) is 8.78 Å². The maximum Gasteiger partial charge on any atom is 0.290 e. The molecule has 2 amide bonds. The fourth-order valence-corrected chi connectivity index (χ4v) is 3.86. The first-order valence-corrected chi connectivity index (χ1v) is 9.96. The summed E-state index contributed by atoms with van der Waals surface area (Å²) in [5.74, 6) is -2.88. The highest BCUT2D eigenvalue weighted by Crippen LogP contribution is 2.29. The summed E-state index contributed by atoms with van der Waals surface area (Å²) >= 11 is 0. The molecule has 0 bridgehead atoms. The highest BCUT2D eigenvalue weighted by atomic mass is 19.1. The Morgan fingerprint density at radius 2 is 2.03 bits per heavy atom. The van der Waals surface area contributed by atoms with E-state index in [1.165, 1.54) is 17.9 Å². The van der Waals surface area contributed by atoms with E-state index in [2.05, 4.69) is 9.98 Å². The molecule has 1 aromatic carbocycles. The van der Waals surface area contributed by atoms with Gasteiger partial charge >= 0.3 is 0 Å². The number of nitrogens with zero attached hydrogens (tertiary/aromatic N) is 4. The average molecular weight is 432 g/mol. The zero-order valence-corrected chi connectivity index (χ0v) is 17.1. The van der Waals surface area contributed by atoms with Gasteiger partial charge < -0.3 is 14.4 Å². The van der Waals surface area contributed by atoms with Crippen molar-refractivity contribution in [1.29, 1.82) is 0 Å². The molecule has 2 atom stereocenters. The standard InChI is InChI=1S/C21H22F2N4O4/c1-12(28)27(15-5-7-30-8-6-15)21-24-11-13-9-18(20(29)26(2)19(13)25-21)31-17-4-3-14(22)10-16(17)23/h3-4,9-11,13,15,19H,5-8H2,1-2H3. The molecule has 0 aliphatic carbocycles. The van der Waals surface area contributed by atoms with Crippen LogP contribution in [0.5, 0.6) is 5.75 Å². The summed E-state index contributed by atoms with van der Waals surface area (Å²) in [5.41, 5.74) is 0. The molecular formula is C21H22F2N4O4. The van der Waals surface area contributed by atoms with Gasteiger partial charge in [0.2, 0.25) is 11.9 Å². The number of likely N-dealkylation sites (N-methyl/N-ethyl adjacent to an activating group) is 1. The predicted molar refractivity (Wildman–Crippen MR) is 107 cm³/mol. The van der Waals surface area contributed by atoms with Crippen LogP contribution in [-0.4, -0.2) is 66.3 Å². The monoisotopic (exact) mass is 432 g/mol. The van der Waals surface area contributed by atoms with E-state index in [0.717, 1.165) is 12.1 Å². The van der Waals surface area contributed by atoms with Gasteiger partial charge in [0.05, 0.1) is 5.92 Å². The summed E-state index contributed by atoms with van der Waals surface area (Å²) in [6.07, 6.45) is 3.84. The molecule has 0 radical (unpaired) electrons. The van der Waals surface area contributed by atoms with Crippen LogP contribution in [0.2, 0.25) is 0 Å². The van der Waals surface area contributed by atoms with Crippen LogP contribution in [0.3, 0.4) is 0 Å². The molecule has 10 heteroatoms. The predicted octanol–water partition coefficient (Wildman–Crippen LogP) is 2.11. The molecule has 2 unspecified atom stereocenters. The number of hydrogen-bond acceptors (Lipinski definition) is 6. The largest absolute Gasteiger partial charge is 0.449 e. The molecule has 4 rings (SSSR count). The van der Waals surface area contributed by atoms with Crippen molar-refractivity contribution in [1.82, 2.24) is 9.80 Å². The number of amides is 2. The van der Waals surface area contributed by atoms with E-state index in [1.54, 1.807) is 18.2 Å². The summed E-state index contributed by atoms with van der Waals surface area (Å²) in [7, 11) is 1.55. The molecule has 8 nitrogen and oxygen atoms in total. The topological polar surface area (TPSA) is 83.8 Å². The Kier molecular flexibility index (Phi) is 5.81. The Morgan fingerprint density at radius 3 is 2.71 bits per heavy atom. The quantitative estimate of drug-likeness (QED) is 0.733. The maximum atomic E-state index is 13.9. The molecule has 3 heterocycles. The summed E-state index contributed by atoms with van der Waals surface area (Å²) in [5, 5.41) is 0. The maximum absolute atomic E-state index is 13.9. The highest BCUT2D eigenvalue weighted by Gasteiger charge is 2.39. The summed E-state index contributed by atoms with van der Waals surface area (Å²) in [4.78, 5) is 37.0. The molecule has 164 valence electrons. The Labute approximate surface area is 177 Å². The lowest BCUT2D eigenvalue weighted by atomic mass is 10.00. The van der Waals surface area contributed by atoms with Gasteiger partial charge in [0.25, 0.3) is 5.91 Å². The minimum atomic E-state index is -0.912. The molecule has 0 spiro atoms. The van der Waals surface area contributed by atoms with Gasteiger partial charge in [0, 0.05) is 45.5 Å². The van der Waals surface area contributed by atoms with Gasteiger partial charge in [-0.3, -0.25) is 14.5 Å². The first kappa shape index (κ1) is 21.1. The number of ether oxygens (including phenoxy) is 2. The minimum absolute atomic E-state index is 0.0702. The molecule has 1 saturated heterocycles. The second kappa shape index (κ2) is 8.54. The number of benzene rings is 1. The lowest BCUT2D eigenvalue weighted by Gasteiger charge is -2.38. The number of halogens is 2. The van der Waals surface area contributed by atoms with Gasteiger partial charge in [-0.1, -0.05) is 0 Å². The Hall–Kier alpha value is -3.14. The molecular weight excluding hydrogens is 410 g/mol. The fourth-order valence-electron chi connectivity index (χ4n) is 3.86. The fraction of sp³-hybridized carbons (Fsp3) is 0.429. The number of hydrogen-bond donors (Lipinski definition) is 0. The smallest absolute Gasteiger partial charge is 0.290 e. The van der Waals surface area contributed by atoms with E-state index >= 15 is 0 Å². The van der Waals surface area contributed by atoms with E-state index in [9.17, 15) is 18.4 Å². The van der Waals surface area contributed by atoms with Crippen LogP contribution in [0, 0.1) is 17.6 Å². The molecule has 1 fully saturated rings. The minimum Gasteiger partial charge on any atom is -0.449 e. The van der Waals surface area contributed by atoms with Gasteiger partial charge in [-0.2, -0.15) is 0 Å². The van der Waals surface area contributed by atoms with Gasteiger partial charge in [-0.05, 0) is 31.1 Å². The zero-order valence-electron chi connectivity index (χ0n) is 17.1. The first-order valence-electron chi connectivity index (χ1n) is 9.96. The van der Waals surface area contributed by atoms with Crippen molar-refractivity contribution in [3.8, 4) is 5.75 Å².